The van der Waals surface area contributed by atoms with Gasteiger partial charge in [0.1, 0.15) is 5.82 Å². The maximum absolute atomic E-state index is 12.7. The number of aromatic nitrogens is 3. The number of nitrogens with zero attached hydrogens (tertiary/aromatic N) is 4. The highest BCUT2D eigenvalue weighted by Gasteiger charge is 2.59. The number of sulfone groups is 1. The van der Waals surface area contributed by atoms with Gasteiger partial charge in [0.15, 0.2) is 9.84 Å². The van der Waals surface area contributed by atoms with Gasteiger partial charge in [0, 0.05) is 42.0 Å². The van der Waals surface area contributed by atoms with Crippen LogP contribution in [-0.2, 0) is 16.4 Å². The molecule has 1 aliphatic carbocycles. The largest absolute Gasteiger partial charge is 0.354 e. The first-order valence-corrected chi connectivity index (χ1v) is 14.8. The summed E-state index contributed by atoms with van der Waals surface area (Å²) in [5.41, 5.74) is 4.10. The van der Waals surface area contributed by atoms with Gasteiger partial charge >= 0.3 is 0 Å². The monoisotopic (exact) mass is 542 g/mol. The van der Waals surface area contributed by atoms with E-state index in [-0.39, 0.29) is 28.4 Å². The van der Waals surface area contributed by atoms with Crippen molar-refractivity contribution in [3.05, 3.63) is 77.6 Å². The summed E-state index contributed by atoms with van der Waals surface area (Å²) in [6.07, 6.45) is 4.10. The van der Waals surface area contributed by atoms with E-state index in [9.17, 15) is 13.2 Å². The first-order chi connectivity index (χ1) is 18.6. The van der Waals surface area contributed by atoms with E-state index in [0.717, 1.165) is 47.5 Å². The van der Waals surface area contributed by atoms with Crippen LogP contribution in [0, 0.1) is 12.8 Å². The highest BCUT2D eigenvalue weighted by Crippen LogP contribution is 2.50. The number of pyridine rings is 3. The lowest BCUT2D eigenvalue weighted by Gasteiger charge is -2.22. The molecule has 9 nitrogen and oxygen atoms in total. The summed E-state index contributed by atoms with van der Waals surface area (Å²) < 4.78 is 24.1. The Hall–Kier alpha value is -3.89. The van der Waals surface area contributed by atoms with Gasteiger partial charge in [-0.2, -0.15) is 0 Å². The van der Waals surface area contributed by atoms with E-state index in [1.54, 1.807) is 25.3 Å². The second kappa shape index (κ2) is 9.39. The van der Waals surface area contributed by atoms with E-state index < -0.39 is 9.84 Å². The summed E-state index contributed by atoms with van der Waals surface area (Å²) in [6, 6.07) is 16.5. The number of hydrogen-bond acceptors (Lipinski definition) is 8. The minimum atomic E-state index is -3.43. The lowest BCUT2D eigenvalue weighted by Crippen LogP contribution is -2.36. The number of carbonyl (C=O) groups is 1. The predicted octanol–water partition coefficient (Wildman–Crippen LogP) is 3.13. The number of fused-ring (bicyclic) bond motifs is 2. The number of likely N-dealkylation sites (N-methyl/N-ethyl adjacent to an activating group) is 1. The second-order valence-electron chi connectivity index (χ2n) is 10.6. The van der Waals surface area contributed by atoms with E-state index in [4.69, 9.17) is 9.97 Å². The highest BCUT2D eigenvalue weighted by atomic mass is 32.2. The Kier molecular flexibility index (Phi) is 6.11. The molecule has 2 fully saturated rings. The normalized spacial score (nSPS) is 20.2. The second-order valence-corrected chi connectivity index (χ2v) is 12.6. The maximum Gasteiger partial charge on any atom is 0.251 e. The number of carbonyl (C=O) groups excluding carboxylic acids is 1. The van der Waals surface area contributed by atoms with Crippen molar-refractivity contribution in [1.29, 1.82) is 0 Å². The number of hydrogen-bond donors (Lipinski definition) is 2. The van der Waals surface area contributed by atoms with Crippen LogP contribution in [-0.4, -0.2) is 61.2 Å². The fourth-order valence-corrected chi connectivity index (χ4v) is 6.49. The van der Waals surface area contributed by atoms with Gasteiger partial charge in [-0.3, -0.25) is 9.78 Å². The lowest BCUT2D eigenvalue weighted by molar-refractivity contribution is 0.0950. The molecule has 6 rings (SSSR count). The van der Waals surface area contributed by atoms with Gasteiger partial charge in [0.05, 0.1) is 34.0 Å². The van der Waals surface area contributed by atoms with Crippen LogP contribution in [0.15, 0.2) is 65.7 Å². The van der Waals surface area contributed by atoms with Crippen molar-refractivity contribution in [3.8, 4) is 11.4 Å². The minimum absolute atomic E-state index is 0.149. The van der Waals surface area contributed by atoms with Gasteiger partial charge in [-0.05, 0) is 74.3 Å². The summed E-state index contributed by atoms with van der Waals surface area (Å²) in [4.78, 5) is 29.5. The first kappa shape index (κ1) is 25.4. The lowest BCUT2D eigenvalue weighted by atomic mass is 10.1. The van der Waals surface area contributed by atoms with Crippen molar-refractivity contribution in [2.45, 2.75) is 30.3 Å². The fraction of sp³-hybridized carbons (Fsp3) is 0.310. The number of rotatable bonds is 7. The highest BCUT2D eigenvalue weighted by molar-refractivity contribution is 7.90. The van der Waals surface area contributed by atoms with E-state index >= 15 is 0 Å². The Labute approximate surface area is 227 Å². The SMILES string of the molecule is CN[C@]12CC1CN(c1cccc(-c3ccc4cnc(CNC(=O)c5ccc(C)c(S(C)(=O)=O)c5)cc4n3)n1)C2. The van der Waals surface area contributed by atoms with Crippen LogP contribution in [0.4, 0.5) is 5.82 Å². The van der Waals surface area contributed by atoms with Crippen molar-refractivity contribution >= 4 is 32.5 Å². The van der Waals surface area contributed by atoms with Crippen molar-refractivity contribution < 1.29 is 13.2 Å². The van der Waals surface area contributed by atoms with Gasteiger partial charge in [0.25, 0.3) is 5.91 Å². The Morgan fingerprint density at radius 3 is 2.69 bits per heavy atom. The quantitative estimate of drug-likeness (QED) is 0.366. The zero-order valence-corrected chi connectivity index (χ0v) is 22.9. The molecule has 10 heteroatoms. The Morgan fingerprint density at radius 1 is 1.10 bits per heavy atom. The van der Waals surface area contributed by atoms with E-state index in [1.165, 1.54) is 12.5 Å². The van der Waals surface area contributed by atoms with Crippen LogP contribution >= 0.6 is 0 Å². The molecule has 1 aromatic carbocycles. The number of benzene rings is 1. The molecular weight excluding hydrogens is 512 g/mol. The van der Waals surface area contributed by atoms with E-state index in [1.807, 2.05) is 37.4 Å². The molecule has 2 atom stereocenters. The molecule has 0 radical (unpaired) electrons. The number of nitrogens with one attached hydrogen (secondary N) is 2. The summed E-state index contributed by atoms with van der Waals surface area (Å²) >= 11 is 0. The van der Waals surface area contributed by atoms with Crippen LogP contribution in [0.3, 0.4) is 0 Å². The van der Waals surface area contributed by atoms with Crippen LogP contribution in [0.1, 0.15) is 28.0 Å². The molecule has 4 aromatic rings. The Balaban J connectivity index is 1.19. The van der Waals surface area contributed by atoms with Crippen molar-refractivity contribution in [1.82, 2.24) is 25.6 Å². The third kappa shape index (κ3) is 4.86. The average Bonchev–Trinajstić information content (AvgIpc) is 3.50. The average molecular weight is 543 g/mol. The van der Waals surface area contributed by atoms with Crippen LogP contribution in [0.5, 0.6) is 0 Å². The third-order valence-electron chi connectivity index (χ3n) is 7.87. The molecule has 2 aliphatic rings. The van der Waals surface area contributed by atoms with E-state index in [2.05, 4.69) is 26.6 Å². The smallest absolute Gasteiger partial charge is 0.251 e. The summed E-state index contributed by atoms with van der Waals surface area (Å²) in [5, 5.41) is 7.20. The molecule has 2 N–H and O–H groups in total. The molecule has 1 aliphatic heterocycles. The van der Waals surface area contributed by atoms with Gasteiger partial charge in [-0.1, -0.05) is 12.1 Å². The summed E-state index contributed by atoms with van der Waals surface area (Å²) in [7, 11) is -1.39. The minimum Gasteiger partial charge on any atom is -0.354 e. The number of amides is 1. The standard InChI is InChI=1S/C29H30N6O3S/c1-18-7-8-19(11-26(18)39(3,37)38)28(36)32-15-22-12-25-20(14-31-22)9-10-24(33-25)23-5-4-6-27(34-23)35-16-21-13-29(21,17-35)30-2/h4-12,14,21,30H,13,15-17H2,1-3H3,(H,32,36)/t21?,29-/m0/s1. The summed E-state index contributed by atoms with van der Waals surface area (Å²) in [6.45, 7) is 3.87. The summed E-state index contributed by atoms with van der Waals surface area (Å²) in [5.74, 6) is 1.28. The van der Waals surface area contributed by atoms with Crippen LogP contribution < -0.4 is 15.5 Å². The van der Waals surface area contributed by atoms with Gasteiger partial charge in [0.2, 0.25) is 0 Å². The molecule has 1 unspecified atom stereocenters. The molecule has 200 valence electrons. The fourth-order valence-electron chi connectivity index (χ4n) is 5.50. The van der Waals surface area contributed by atoms with E-state index in [0.29, 0.717) is 17.2 Å². The molecule has 0 spiro atoms. The molecule has 1 saturated heterocycles. The van der Waals surface area contributed by atoms with Crippen molar-refractivity contribution in [3.63, 3.8) is 0 Å². The van der Waals surface area contributed by atoms with Crippen molar-refractivity contribution in [2.24, 2.45) is 5.92 Å². The first-order valence-electron chi connectivity index (χ1n) is 12.9. The number of aryl methyl sites for hydroxylation is 1. The Bertz CT molecular complexity index is 1720. The molecular formula is C29H30N6O3S. The van der Waals surface area contributed by atoms with Gasteiger partial charge < -0.3 is 15.5 Å². The van der Waals surface area contributed by atoms with Gasteiger partial charge in [-0.15, -0.1) is 0 Å². The zero-order valence-electron chi connectivity index (χ0n) is 22.1. The van der Waals surface area contributed by atoms with Crippen LogP contribution in [0.2, 0.25) is 0 Å². The Morgan fingerprint density at radius 2 is 1.92 bits per heavy atom. The zero-order chi connectivity index (χ0) is 27.4. The number of piperidine rings is 1. The molecule has 0 bridgehead atoms. The van der Waals surface area contributed by atoms with Gasteiger partial charge in [-0.25, -0.2) is 18.4 Å². The molecule has 4 heterocycles. The number of anilines is 1. The molecule has 1 amide bonds. The molecule has 3 aromatic heterocycles. The molecule has 1 saturated carbocycles. The maximum atomic E-state index is 12.7. The van der Waals surface area contributed by atoms with Crippen LogP contribution in [0.25, 0.3) is 22.3 Å². The topological polar surface area (TPSA) is 117 Å². The van der Waals surface area contributed by atoms with Crippen molar-refractivity contribution in [2.75, 3.05) is 31.3 Å². The predicted molar refractivity (Wildman–Crippen MR) is 150 cm³/mol. The molecule has 39 heavy (non-hydrogen) atoms. The third-order valence-corrected chi connectivity index (χ3v) is 9.11.